The van der Waals surface area contributed by atoms with E-state index in [0.717, 1.165) is 4.47 Å². The summed E-state index contributed by atoms with van der Waals surface area (Å²) in [6, 6.07) is 5.16. The lowest BCUT2D eigenvalue weighted by Gasteiger charge is -2.07. The Morgan fingerprint density at radius 2 is 2.29 bits per heavy atom. The summed E-state index contributed by atoms with van der Waals surface area (Å²) >= 11 is 3.26. The van der Waals surface area contributed by atoms with E-state index in [4.69, 9.17) is 10.5 Å². The Hall–Kier alpha value is -1.23. The molecule has 0 fully saturated rings. The number of esters is 1. The van der Waals surface area contributed by atoms with Gasteiger partial charge in [-0.1, -0.05) is 15.9 Å². The zero-order valence-corrected chi connectivity index (χ0v) is 9.21. The van der Waals surface area contributed by atoms with Crippen molar-refractivity contribution in [2.24, 2.45) is 0 Å². The summed E-state index contributed by atoms with van der Waals surface area (Å²) in [6.45, 7) is -0.137. The molecule has 0 aliphatic rings. The summed E-state index contributed by atoms with van der Waals surface area (Å²) in [4.78, 5) is 10.8. The Bertz CT molecular complexity index is 341. The van der Waals surface area contributed by atoms with Crippen molar-refractivity contribution in [3.8, 4) is 5.75 Å². The highest BCUT2D eigenvalue weighted by Gasteiger charge is 2.04. The van der Waals surface area contributed by atoms with E-state index < -0.39 is 5.97 Å². The molecular formula is C9H10BrNO3. The third-order valence-corrected chi connectivity index (χ3v) is 2.04. The number of ether oxygens (including phenoxy) is 2. The number of methoxy groups -OCH3 is 1. The fourth-order valence-electron chi connectivity index (χ4n) is 0.846. The molecule has 0 atom stereocenters. The molecule has 5 heteroatoms. The fraction of sp³-hybridized carbons (Fsp3) is 0.222. The van der Waals surface area contributed by atoms with Gasteiger partial charge in [0.15, 0.2) is 6.61 Å². The van der Waals surface area contributed by atoms with Gasteiger partial charge in [-0.05, 0) is 18.2 Å². The summed E-state index contributed by atoms with van der Waals surface area (Å²) in [7, 11) is 1.30. The van der Waals surface area contributed by atoms with Crippen molar-refractivity contribution < 1.29 is 14.3 Å². The van der Waals surface area contributed by atoms with Gasteiger partial charge in [-0.25, -0.2) is 4.79 Å². The van der Waals surface area contributed by atoms with Crippen molar-refractivity contribution in [2.75, 3.05) is 19.5 Å². The van der Waals surface area contributed by atoms with Gasteiger partial charge in [0, 0.05) is 4.47 Å². The first-order valence-electron chi connectivity index (χ1n) is 3.88. The zero-order valence-electron chi connectivity index (χ0n) is 7.62. The quantitative estimate of drug-likeness (QED) is 0.662. The number of halogens is 1. The molecule has 1 aromatic rings. The minimum Gasteiger partial charge on any atom is -0.480 e. The van der Waals surface area contributed by atoms with Crippen LogP contribution >= 0.6 is 15.9 Å². The maximum Gasteiger partial charge on any atom is 0.343 e. The Balaban J connectivity index is 2.63. The molecule has 0 radical (unpaired) electrons. The molecule has 0 saturated heterocycles. The van der Waals surface area contributed by atoms with E-state index in [1.54, 1.807) is 18.2 Å². The number of hydrogen-bond acceptors (Lipinski definition) is 4. The highest BCUT2D eigenvalue weighted by Crippen LogP contribution is 2.24. The molecule has 0 aromatic heterocycles. The smallest absolute Gasteiger partial charge is 0.343 e. The first-order valence-corrected chi connectivity index (χ1v) is 4.67. The minimum atomic E-state index is -0.438. The molecule has 0 heterocycles. The SMILES string of the molecule is COC(=O)COc1ccc(Br)cc1N. The third kappa shape index (κ3) is 2.92. The number of carbonyl (C=O) groups excluding carboxylic acids is 1. The molecule has 76 valence electrons. The van der Waals surface area contributed by atoms with E-state index in [9.17, 15) is 4.79 Å². The summed E-state index contributed by atoms with van der Waals surface area (Å²) in [5.41, 5.74) is 6.12. The minimum absolute atomic E-state index is 0.137. The lowest BCUT2D eigenvalue weighted by Crippen LogP contribution is -2.13. The summed E-state index contributed by atoms with van der Waals surface area (Å²) < 4.78 is 10.4. The van der Waals surface area contributed by atoms with E-state index in [0.29, 0.717) is 11.4 Å². The first-order chi connectivity index (χ1) is 6.63. The van der Waals surface area contributed by atoms with Crippen LogP contribution in [0.15, 0.2) is 22.7 Å². The number of carbonyl (C=O) groups is 1. The van der Waals surface area contributed by atoms with Gasteiger partial charge in [-0.2, -0.15) is 0 Å². The van der Waals surface area contributed by atoms with Crippen molar-refractivity contribution >= 4 is 27.6 Å². The van der Waals surface area contributed by atoms with E-state index in [1.165, 1.54) is 7.11 Å². The Morgan fingerprint density at radius 3 is 2.86 bits per heavy atom. The number of anilines is 1. The maximum absolute atomic E-state index is 10.8. The molecule has 0 aliphatic heterocycles. The molecule has 14 heavy (non-hydrogen) atoms. The number of hydrogen-bond donors (Lipinski definition) is 1. The van der Waals surface area contributed by atoms with Crippen LogP contribution in [0.1, 0.15) is 0 Å². The second kappa shape index (κ2) is 4.85. The van der Waals surface area contributed by atoms with Crippen LogP contribution in [0, 0.1) is 0 Å². The highest BCUT2D eigenvalue weighted by atomic mass is 79.9. The second-order valence-electron chi connectivity index (χ2n) is 2.55. The van der Waals surface area contributed by atoms with Gasteiger partial charge >= 0.3 is 5.97 Å². The standard InChI is InChI=1S/C9H10BrNO3/c1-13-9(12)5-14-8-3-2-6(10)4-7(8)11/h2-4H,5,11H2,1H3. The monoisotopic (exact) mass is 259 g/mol. The van der Waals surface area contributed by atoms with E-state index in [2.05, 4.69) is 20.7 Å². The van der Waals surface area contributed by atoms with Gasteiger partial charge in [0.05, 0.1) is 12.8 Å². The van der Waals surface area contributed by atoms with Crippen LogP contribution in [-0.2, 0) is 9.53 Å². The number of nitrogens with two attached hydrogens (primary N) is 1. The van der Waals surface area contributed by atoms with Crippen LogP contribution in [0.2, 0.25) is 0 Å². The molecule has 1 rings (SSSR count). The van der Waals surface area contributed by atoms with Crippen LogP contribution in [0.25, 0.3) is 0 Å². The normalized spacial score (nSPS) is 9.57. The molecule has 0 spiro atoms. The highest BCUT2D eigenvalue weighted by molar-refractivity contribution is 9.10. The van der Waals surface area contributed by atoms with Gasteiger partial charge in [-0.15, -0.1) is 0 Å². The fourth-order valence-corrected chi connectivity index (χ4v) is 1.23. The summed E-state index contributed by atoms with van der Waals surface area (Å²) in [6.07, 6.45) is 0. The van der Waals surface area contributed by atoms with Crippen LogP contribution in [-0.4, -0.2) is 19.7 Å². The molecule has 0 bridgehead atoms. The Labute approximate surface area is 90.1 Å². The van der Waals surface area contributed by atoms with Crippen LogP contribution in [0.3, 0.4) is 0 Å². The molecular weight excluding hydrogens is 250 g/mol. The van der Waals surface area contributed by atoms with E-state index >= 15 is 0 Å². The van der Waals surface area contributed by atoms with Crippen LogP contribution in [0.4, 0.5) is 5.69 Å². The van der Waals surface area contributed by atoms with Gasteiger partial charge in [0.1, 0.15) is 5.75 Å². The maximum atomic E-state index is 10.8. The summed E-state index contributed by atoms with van der Waals surface area (Å²) in [5, 5.41) is 0. The topological polar surface area (TPSA) is 61.5 Å². The molecule has 2 N–H and O–H groups in total. The van der Waals surface area contributed by atoms with Crippen molar-refractivity contribution in [3.05, 3.63) is 22.7 Å². The Kier molecular flexibility index (Phi) is 3.76. The average Bonchev–Trinajstić information content (AvgIpc) is 2.16. The molecule has 4 nitrogen and oxygen atoms in total. The van der Waals surface area contributed by atoms with E-state index in [1.807, 2.05) is 0 Å². The van der Waals surface area contributed by atoms with E-state index in [-0.39, 0.29) is 6.61 Å². The van der Waals surface area contributed by atoms with Crippen molar-refractivity contribution in [3.63, 3.8) is 0 Å². The van der Waals surface area contributed by atoms with Gasteiger partial charge < -0.3 is 15.2 Å². The van der Waals surface area contributed by atoms with Crippen LogP contribution in [0.5, 0.6) is 5.75 Å². The predicted octanol–water partition coefficient (Wildman–Crippen LogP) is 1.58. The average molecular weight is 260 g/mol. The molecule has 1 aromatic carbocycles. The summed E-state index contributed by atoms with van der Waals surface area (Å²) in [5.74, 6) is 0.0333. The van der Waals surface area contributed by atoms with Gasteiger partial charge in [0.2, 0.25) is 0 Å². The number of rotatable bonds is 3. The predicted molar refractivity (Wildman–Crippen MR) is 56.1 cm³/mol. The first kappa shape index (κ1) is 10.8. The largest absolute Gasteiger partial charge is 0.480 e. The molecule has 0 saturated carbocycles. The van der Waals surface area contributed by atoms with Gasteiger partial charge in [-0.3, -0.25) is 0 Å². The van der Waals surface area contributed by atoms with Crippen LogP contribution < -0.4 is 10.5 Å². The van der Waals surface area contributed by atoms with Crippen molar-refractivity contribution in [1.82, 2.24) is 0 Å². The second-order valence-corrected chi connectivity index (χ2v) is 3.46. The number of nitrogen functional groups attached to an aromatic ring is 1. The lowest BCUT2D eigenvalue weighted by atomic mass is 10.3. The third-order valence-electron chi connectivity index (χ3n) is 1.55. The number of benzene rings is 1. The lowest BCUT2D eigenvalue weighted by molar-refractivity contribution is -0.142. The molecule has 0 amide bonds. The van der Waals surface area contributed by atoms with Gasteiger partial charge in [0.25, 0.3) is 0 Å². The zero-order chi connectivity index (χ0) is 10.6. The molecule has 0 aliphatic carbocycles. The Morgan fingerprint density at radius 1 is 1.57 bits per heavy atom. The molecule has 0 unspecified atom stereocenters. The van der Waals surface area contributed by atoms with Crippen molar-refractivity contribution in [1.29, 1.82) is 0 Å². The van der Waals surface area contributed by atoms with Crippen molar-refractivity contribution in [2.45, 2.75) is 0 Å².